The first-order valence-electron chi connectivity index (χ1n) is 12.2. The average molecular weight is 518 g/mol. The van der Waals surface area contributed by atoms with Gasteiger partial charge in [0.1, 0.15) is 0 Å². The predicted octanol–water partition coefficient (Wildman–Crippen LogP) is 3.53. The molecule has 0 radical (unpaired) electrons. The van der Waals surface area contributed by atoms with E-state index in [1.54, 1.807) is 29.2 Å². The summed E-state index contributed by atoms with van der Waals surface area (Å²) in [5.41, 5.74) is 8.11. The summed E-state index contributed by atoms with van der Waals surface area (Å²) in [6, 6.07) is 11.2. The molecular formula is C27H30F3N3O4. The highest BCUT2D eigenvalue weighted by atomic mass is 19.4. The van der Waals surface area contributed by atoms with Crippen molar-refractivity contribution in [1.82, 2.24) is 4.90 Å². The summed E-state index contributed by atoms with van der Waals surface area (Å²) in [6.45, 7) is 0.675. The third-order valence-corrected chi connectivity index (χ3v) is 7.82. The van der Waals surface area contributed by atoms with Crippen LogP contribution in [0.1, 0.15) is 77.3 Å². The molecule has 0 bridgehead atoms. The normalized spacial score (nSPS) is 23.6. The van der Waals surface area contributed by atoms with E-state index < -0.39 is 29.0 Å². The van der Waals surface area contributed by atoms with Crippen LogP contribution in [-0.2, 0) is 15.8 Å². The maximum atomic E-state index is 13.5. The average Bonchev–Trinajstić information content (AvgIpc) is 3.69. The van der Waals surface area contributed by atoms with E-state index in [0.717, 1.165) is 25.0 Å². The lowest BCUT2D eigenvalue weighted by atomic mass is 9.67. The smallest absolute Gasteiger partial charge is 0.376 e. The van der Waals surface area contributed by atoms with Gasteiger partial charge in [-0.1, -0.05) is 24.3 Å². The Hall–Kier alpha value is -3.40. The highest BCUT2D eigenvalue weighted by molar-refractivity contribution is 5.95. The van der Waals surface area contributed by atoms with Gasteiger partial charge in [-0.15, -0.1) is 0 Å². The number of benzene rings is 2. The number of nitrogens with zero attached hydrogens (tertiary/aromatic N) is 1. The minimum absolute atomic E-state index is 0.0337. The van der Waals surface area contributed by atoms with Crippen molar-refractivity contribution in [2.75, 3.05) is 0 Å². The van der Waals surface area contributed by atoms with E-state index in [2.05, 4.69) is 0 Å². The number of hydrogen-bond acceptors (Lipinski definition) is 4. The van der Waals surface area contributed by atoms with Crippen molar-refractivity contribution in [2.24, 2.45) is 11.5 Å². The van der Waals surface area contributed by atoms with Crippen LogP contribution in [0.15, 0.2) is 48.5 Å². The molecule has 0 aliphatic heterocycles. The molecule has 4 rings (SSSR count). The molecule has 1 atom stereocenters. The third kappa shape index (κ3) is 4.94. The van der Waals surface area contributed by atoms with Crippen LogP contribution in [0.5, 0.6) is 0 Å². The molecule has 2 aromatic rings. The molecule has 37 heavy (non-hydrogen) atoms. The Kier molecular flexibility index (Phi) is 6.83. The van der Waals surface area contributed by atoms with Crippen LogP contribution < -0.4 is 11.5 Å². The number of amides is 3. The second-order valence-corrected chi connectivity index (χ2v) is 10.2. The van der Waals surface area contributed by atoms with Gasteiger partial charge >= 0.3 is 6.18 Å². The molecule has 7 nitrogen and oxygen atoms in total. The molecule has 2 fully saturated rings. The van der Waals surface area contributed by atoms with Crippen LogP contribution >= 0.6 is 0 Å². The lowest BCUT2D eigenvalue weighted by molar-refractivity contribution is -0.258. The minimum Gasteiger partial charge on any atom is -0.376 e. The number of rotatable bonds is 7. The Labute approximate surface area is 212 Å². The minimum atomic E-state index is -4.85. The summed E-state index contributed by atoms with van der Waals surface area (Å²) >= 11 is 0. The molecule has 2 aliphatic rings. The summed E-state index contributed by atoms with van der Waals surface area (Å²) in [5.74, 6) is -1.34. The second kappa shape index (κ2) is 9.48. The number of aliphatic hydroxyl groups is 1. The molecule has 198 valence electrons. The Morgan fingerprint density at radius 1 is 0.865 bits per heavy atom. The summed E-state index contributed by atoms with van der Waals surface area (Å²) in [6.07, 6.45) is -1.34. The highest BCUT2D eigenvalue weighted by Crippen LogP contribution is 2.44. The molecular weight excluding hydrogens is 487 g/mol. The van der Waals surface area contributed by atoms with Gasteiger partial charge in [-0.3, -0.25) is 14.4 Å². The van der Waals surface area contributed by atoms with E-state index in [1.807, 2.05) is 0 Å². The molecule has 3 amide bonds. The van der Waals surface area contributed by atoms with Gasteiger partial charge in [0, 0.05) is 23.2 Å². The number of alkyl halides is 3. The first-order chi connectivity index (χ1) is 17.3. The summed E-state index contributed by atoms with van der Waals surface area (Å²) in [5, 5.41) is 9.91. The van der Waals surface area contributed by atoms with E-state index in [0.29, 0.717) is 43.7 Å². The standard InChI is InChI=1S/C27H30F3N3O4/c1-25(37,27(28,29)30)18-6-4-17(5-7-18)23(35)33(20-10-11-20)21-12-14-26(15-13-21,24(32)36)19-8-2-16(3-9-19)22(31)34/h2-9,20-21,37H,10-15H2,1H3,(H2,31,34)(H2,32,36)/t21?,25-,26?/m0/s1. The predicted molar refractivity (Wildman–Crippen MR) is 129 cm³/mol. The monoisotopic (exact) mass is 517 g/mol. The van der Waals surface area contributed by atoms with E-state index in [1.165, 1.54) is 12.1 Å². The number of carbonyl (C=O) groups is 3. The molecule has 0 unspecified atom stereocenters. The van der Waals surface area contributed by atoms with Crippen molar-refractivity contribution in [2.45, 2.75) is 74.7 Å². The van der Waals surface area contributed by atoms with E-state index in [9.17, 15) is 32.7 Å². The van der Waals surface area contributed by atoms with Gasteiger partial charge in [-0.05, 0) is 80.8 Å². The van der Waals surface area contributed by atoms with E-state index in [-0.39, 0.29) is 29.1 Å². The van der Waals surface area contributed by atoms with Crippen molar-refractivity contribution in [3.63, 3.8) is 0 Å². The summed E-state index contributed by atoms with van der Waals surface area (Å²) in [4.78, 5) is 39.3. The summed E-state index contributed by atoms with van der Waals surface area (Å²) in [7, 11) is 0. The zero-order chi connectivity index (χ0) is 27.2. The molecule has 0 saturated heterocycles. The fourth-order valence-electron chi connectivity index (χ4n) is 5.24. The molecule has 5 N–H and O–H groups in total. The Morgan fingerprint density at radius 3 is 1.78 bits per heavy atom. The van der Waals surface area contributed by atoms with Gasteiger partial charge in [0.2, 0.25) is 11.8 Å². The molecule has 0 aromatic heterocycles. The van der Waals surface area contributed by atoms with Gasteiger partial charge in [0.15, 0.2) is 5.60 Å². The van der Waals surface area contributed by atoms with Gasteiger partial charge < -0.3 is 21.5 Å². The zero-order valence-corrected chi connectivity index (χ0v) is 20.4. The lowest BCUT2D eigenvalue weighted by Crippen LogP contribution is -2.50. The molecule has 2 aromatic carbocycles. The molecule has 0 spiro atoms. The molecule has 10 heteroatoms. The fourth-order valence-corrected chi connectivity index (χ4v) is 5.24. The van der Waals surface area contributed by atoms with Crippen LogP contribution in [-0.4, -0.2) is 46.0 Å². The number of nitrogens with two attached hydrogens (primary N) is 2. The van der Waals surface area contributed by atoms with Crippen molar-refractivity contribution < 1.29 is 32.7 Å². The first kappa shape index (κ1) is 26.7. The van der Waals surface area contributed by atoms with Crippen LogP contribution in [0, 0.1) is 0 Å². The van der Waals surface area contributed by atoms with Crippen LogP contribution in [0.25, 0.3) is 0 Å². The summed E-state index contributed by atoms with van der Waals surface area (Å²) < 4.78 is 39.5. The zero-order valence-electron chi connectivity index (χ0n) is 20.4. The topological polar surface area (TPSA) is 127 Å². The van der Waals surface area contributed by atoms with Gasteiger partial charge in [0.25, 0.3) is 5.91 Å². The number of primary amides is 2. The van der Waals surface area contributed by atoms with Gasteiger partial charge in [0.05, 0.1) is 5.41 Å². The van der Waals surface area contributed by atoms with Crippen molar-refractivity contribution in [3.05, 3.63) is 70.8 Å². The fraction of sp³-hybridized carbons (Fsp3) is 0.444. The number of halogens is 3. The number of carbonyl (C=O) groups excluding carboxylic acids is 3. The third-order valence-electron chi connectivity index (χ3n) is 7.82. The maximum absolute atomic E-state index is 13.5. The molecule has 0 heterocycles. The Bertz CT molecular complexity index is 1180. The highest BCUT2D eigenvalue weighted by Gasteiger charge is 2.51. The van der Waals surface area contributed by atoms with Gasteiger partial charge in [-0.25, -0.2) is 0 Å². The Balaban J connectivity index is 1.53. The molecule has 2 saturated carbocycles. The van der Waals surface area contributed by atoms with Crippen LogP contribution in [0.4, 0.5) is 13.2 Å². The SMILES string of the molecule is C[C@](O)(c1ccc(C(=O)N(C2CC2)C2CCC(C(N)=O)(c3ccc(C(N)=O)cc3)CC2)cc1)C(F)(F)F. The quantitative estimate of drug-likeness (QED) is 0.519. The van der Waals surface area contributed by atoms with Crippen molar-refractivity contribution in [1.29, 1.82) is 0 Å². The van der Waals surface area contributed by atoms with Gasteiger partial charge in [-0.2, -0.15) is 13.2 Å². The largest absolute Gasteiger partial charge is 0.421 e. The lowest BCUT2D eigenvalue weighted by Gasteiger charge is -2.42. The van der Waals surface area contributed by atoms with E-state index >= 15 is 0 Å². The van der Waals surface area contributed by atoms with Crippen molar-refractivity contribution in [3.8, 4) is 0 Å². The van der Waals surface area contributed by atoms with Crippen molar-refractivity contribution >= 4 is 17.7 Å². The van der Waals surface area contributed by atoms with Crippen LogP contribution in [0.3, 0.4) is 0 Å². The first-order valence-corrected chi connectivity index (χ1v) is 12.2. The Morgan fingerprint density at radius 2 is 1.35 bits per heavy atom. The molecule has 2 aliphatic carbocycles. The number of hydrogen-bond donors (Lipinski definition) is 3. The second-order valence-electron chi connectivity index (χ2n) is 10.2. The van der Waals surface area contributed by atoms with Crippen LogP contribution in [0.2, 0.25) is 0 Å². The van der Waals surface area contributed by atoms with E-state index in [4.69, 9.17) is 11.5 Å². The maximum Gasteiger partial charge on any atom is 0.421 e.